The molecular weight excluding hydrogens is 432 g/mol. The highest BCUT2D eigenvalue weighted by molar-refractivity contribution is 6.76. The largest absolute Gasteiger partial charge is 0.498 e. The number of fused-ring (bicyclic) bond motifs is 1. The van der Waals surface area contributed by atoms with E-state index in [1.165, 1.54) is 0 Å². The molecule has 7 nitrogen and oxygen atoms in total. The van der Waals surface area contributed by atoms with Gasteiger partial charge in [0.15, 0.2) is 0 Å². The van der Waals surface area contributed by atoms with Crippen LogP contribution in [-0.2, 0) is 21.8 Å². The maximum atomic E-state index is 11.4. The Morgan fingerprint density at radius 3 is 2.82 bits per heavy atom. The number of pyridine rings is 1. The number of aromatic nitrogens is 4. The summed E-state index contributed by atoms with van der Waals surface area (Å²) in [7, 11) is -1.11. The van der Waals surface area contributed by atoms with Crippen molar-refractivity contribution in [2.75, 3.05) is 13.2 Å². The minimum atomic E-state index is -1.11. The second kappa shape index (κ2) is 9.44. The van der Waals surface area contributed by atoms with Crippen molar-refractivity contribution in [2.24, 2.45) is 0 Å². The van der Waals surface area contributed by atoms with Crippen molar-refractivity contribution in [1.82, 2.24) is 19.3 Å². The van der Waals surface area contributed by atoms with Crippen LogP contribution in [0.5, 0.6) is 0 Å². The van der Waals surface area contributed by atoms with Gasteiger partial charge in [-0.05, 0) is 50.9 Å². The lowest BCUT2D eigenvalue weighted by Crippen LogP contribution is -2.27. The first-order valence-electron chi connectivity index (χ1n) is 11.9. The van der Waals surface area contributed by atoms with Gasteiger partial charge in [-0.25, -0.2) is 9.67 Å². The van der Waals surface area contributed by atoms with Gasteiger partial charge in [0.2, 0.25) is 0 Å². The molecule has 1 aliphatic carbocycles. The highest BCUT2D eigenvalue weighted by Crippen LogP contribution is 2.37. The van der Waals surface area contributed by atoms with Gasteiger partial charge in [0, 0.05) is 50.6 Å². The Hall–Kier alpha value is -2.42. The Morgan fingerprint density at radius 1 is 1.24 bits per heavy atom. The van der Waals surface area contributed by atoms with Crippen LogP contribution < -0.4 is 0 Å². The zero-order valence-electron chi connectivity index (χ0n) is 20.5. The standard InChI is InChI=1S/C25H36N4O3Si/c1-6-32-20-8-7-11-25(30,16-20)22-17-29(27-19(22)2)23-9-12-26-24-21(23)10-13-28(24)18-31-14-15-33(3,4)5/h9-10,12-13,16-17,30H,6-8,11,14-15,18H2,1-5H3. The second-order valence-electron chi connectivity index (χ2n) is 10.1. The Balaban J connectivity index is 1.60. The summed E-state index contributed by atoms with van der Waals surface area (Å²) in [5.74, 6) is 0.857. The summed E-state index contributed by atoms with van der Waals surface area (Å²) in [4.78, 5) is 4.59. The van der Waals surface area contributed by atoms with Crippen molar-refractivity contribution in [3.05, 3.63) is 53.8 Å². The Kier molecular flexibility index (Phi) is 6.79. The van der Waals surface area contributed by atoms with Crippen molar-refractivity contribution in [1.29, 1.82) is 0 Å². The van der Waals surface area contributed by atoms with Crippen molar-refractivity contribution >= 4 is 19.1 Å². The van der Waals surface area contributed by atoms with Gasteiger partial charge in [0.05, 0.1) is 23.7 Å². The van der Waals surface area contributed by atoms with Crippen LogP contribution in [0, 0.1) is 6.92 Å². The normalized spacial score (nSPS) is 19.2. The van der Waals surface area contributed by atoms with Crippen LogP contribution >= 0.6 is 0 Å². The molecule has 1 atom stereocenters. The van der Waals surface area contributed by atoms with E-state index in [1.807, 2.05) is 47.6 Å². The summed E-state index contributed by atoms with van der Waals surface area (Å²) in [5.41, 5.74) is 2.37. The van der Waals surface area contributed by atoms with Gasteiger partial charge in [-0.15, -0.1) is 0 Å². The van der Waals surface area contributed by atoms with Gasteiger partial charge in [-0.3, -0.25) is 0 Å². The summed E-state index contributed by atoms with van der Waals surface area (Å²) in [6.07, 6.45) is 10.0. The van der Waals surface area contributed by atoms with E-state index in [9.17, 15) is 5.11 Å². The molecule has 0 saturated heterocycles. The molecule has 0 bridgehead atoms. The summed E-state index contributed by atoms with van der Waals surface area (Å²) in [5, 5.41) is 17.2. The third kappa shape index (κ3) is 5.23. The summed E-state index contributed by atoms with van der Waals surface area (Å²) in [6.45, 7) is 12.8. The molecule has 3 heterocycles. The van der Waals surface area contributed by atoms with Gasteiger partial charge >= 0.3 is 0 Å². The van der Waals surface area contributed by atoms with Crippen LogP contribution in [0.25, 0.3) is 16.7 Å². The number of rotatable bonds is 9. The number of ether oxygens (including phenoxy) is 2. The van der Waals surface area contributed by atoms with E-state index in [0.717, 1.165) is 59.2 Å². The molecule has 0 fully saturated rings. The summed E-state index contributed by atoms with van der Waals surface area (Å²) < 4.78 is 15.5. The predicted octanol–water partition coefficient (Wildman–Crippen LogP) is 5.13. The van der Waals surface area contributed by atoms with E-state index in [2.05, 4.69) is 30.7 Å². The maximum Gasteiger partial charge on any atom is 0.143 e. The van der Waals surface area contributed by atoms with Crippen LogP contribution in [0.1, 0.15) is 37.4 Å². The summed E-state index contributed by atoms with van der Waals surface area (Å²) in [6, 6.07) is 5.16. The number of hydrogen-bond acceptors (Lipinski definition) is 5. The van der Waals surface area contributed by atoms with Crippen LogP contribution in [-0.4, -0.2) is 45.7 Å². The van der Waals surface area contributed by atoms with Crippen molar-refractivity contribution < 1.29 is 14.6 Å². The van der Waals surface area contributed by atoms with E-state index >= 15 is 0 Å². The highest BCUT2D eigenvalue weighted by Gasteiger charge is 2.34. The monoisotopic (exact) mass is 468 g/mol. The fourth-order valence-corrected chi connectivity index (χ4v) is 5.14. The molecule has 3 aromatic rings. The zero-order valence-corrected chi connectivity index (χ0v) is 21.5. The molecule has 1 N–H and O–H groups in total. The average Bonchev–Trinajstić information content (AvgIpc) is 3.35. The first-order chi connectivity index (χ1) is 15.7. The molecule has 4 rings (SSSR count). The Bertz CT molecular complexity index is 1140. The maximum absolute atomic E-state index is 11.4. The lowest BCUT2D eigenvalue weighted by atomic mass is 9.84. The van der Waals surface area contributed by atoms with Gasteiger partial charge in [-0.2, -0.15) is 5.10 Å². The first kappa shape index (κ1) is 23.7. The number of hydrogen-bond donors (Lipinski definition) is 1. The topological polar surface area (TPSA) is 74.3 Å². The molecule has 33 heavy (non-hydrogen) atoms. The minimum Gasteiger partial charge on any atom is -0.498 e. The average molecular weight is 469 g/mol. The molecule has 0 saturated carbocycles. The second-order valence-corrected chi connectivity index (χ2v) is 15.7. The molecule has 0 aromatic carbocycles. The molecule has 0 aliphatic heterocycles. The minimum absolute atomic E-state index is 0.485. The van der Waals surface area contributed by atoms with Gasteiger partial charge < -0.3 is 19.1 Å². The lowest BCUT2D eigenvalue weighted by molar-refractivity contribution is 0.0569. The fraction of sp³-hybridized carbons (Fsp3) is 0.520. The third-order valence-electron chi connectivity index (χ3n) is 6.19. The number of allylic oxidation sites excluding steroid dienone is 1. The molecule has 1 aliphatic rings. The molecular formula is C25H36N4O3Si. The fourth-order valence-electron chi connectivity index (χ4n) is 4.38. The van der Waals surface area contributed by atoms with E-state index in [1.54, 1.807) is 6.20 Å². The molecule has 0 radical (unpaired) electrons. The molecule has 3 aromatic heterocycles. The summed E-state index contributed by atoms with van der Waals surface area (Å²) >= 11 is 0. The van der Waals surface area contributed by atoms with Crippen LogP contribution in [0.4, 0.5) is 0 Å². The quantitative estimate of drug-likeness (QED) is 0.348. The van der Waals surface area contributed by atoms with Crippen molar-refractivity contribution in [3.8, 4) is 5.69 Å². The predicted molar refractivity (Wildman–Crippen MR) is 133 cm³/mol. The SMILES string of the molecule is CCOC1=CC(O)(c2cn(-c3ccnc4c3ccn4COCC[Si](C)(C)C)nc2C)CCC1. The van der Waals surface area contributed by atoms with Gasteiger partial charge in [-0.1, -0.05) is 19.6 Å². The Labute approximate surface area is 197 Å². The molecule has 1 unspecified atom stereocenters. The number of aliphatic hydroxyl groups is 1. The van der Waals surface area contributed by atoms with Gasteiger partial charge in [0.1, 0.15) is 18.0 Å². The molecule has 178 valence electrons. The molecule has 8 heteroatoms. The first-order valence-corrected chi connectivity index (χ1v) is 15.6. The molecule has 0 spiro atoms. The van der Waals surface area contributed by atoms with Crippen LogP contribution in [0.15, 0.2) is 42.6 Å². The van der Waals surface area contributed by atoms with E-state index in [-0.39, 0.29) is 0 Å². The van der Waals surface area contributed by atoms with E-state index < -0.39 is 13.7 Å². The van der Waals surface area contributed by atoms with E-state index in [0.29, 0.717) is 19.8 Å². The lowest BCUT2D eigenvalue weighted by Gasteiger charge is -2.29. The van der Waals surface area contributed by atoms with Crippen molar-refractivity contribution in [3.63, 3.8) is 0 Å². The zero-order chi connectivity index (χ0) is 23.6. The number of nitrogens with zero attached hydrogens (tertiary/aromatic N) is 4. The molecule has 0 amide bonds. The van der Waals surface area contributed by atoms with E-state index in [4.69, 9.17) is 14.6 Å². The van der Waals surface area contributed by atoms with Gasteiger partial charge in [0.25, 0.3) is 0 Å². The number of aryl methyl sites for hydroxylation is 1. The highest BCUT2D eigenvalue weighted by atomic mass is 28.3. The van der Waals surface area contributed by atoms with Crippen LogP contribution in [0.2, 0.25) is 25.7 Å². The van der Waals surface area contributed by atoms with Crippen molar-refractivity contribution in [2.45, 2.75) is 71.1 Å². The Morgan fingerprint density at radius 2 is 2.06 bits per heavy atom. The van der Waals surface area contributed by atoms with Crippen LogP contribution in [0.3, 0.4) is 0 Å². The third-order valence-corrected chi connectivity index (χ3v) is 7.89. The smallest absolute Gasteiger partial charge is 0.143 e.